The fraction of sp³-hybridized carbons (Fsp3) is 0.900. The molecule has 0 aliphatic heterocycles. The van der Waals surface area contributed by atoms with Crippen LogP contribution in [0.5, 0.6) is 0 Å². The predicted octanol–water partition coefficient (Wildman–Crippen LogP) is 6.77. The van der Waals surface area contributed by atoms with Gasteiger partial charge in [0, 0.05) is 0 Å². The zero-order valence-electron chi connectivity index (χ0n) is 25.1. The lowest BCUT2D eigenvalue weighted by atomic mass is 9.94. The molecule has 3 unspecified atom stereocenters. The van der Waals surface area contributed by atoms with Gasteiger partial charge in [-0.1, -0.05) is 62.3 Å². The van der Waals surface area contributed by atoms with E-state index in [1.807, 2.05) is 20.8 Å². The first kappa shape index (κ1) is 35.4. The van der Waals surface area contributed by atoms with E-state index in [2.05, 4.69) is 41.5 Å². The molecule has 37 heavy (non-hydrogen) atoms. The van der Waals surface area contributed by atoms with Gasteiger partial charge >= 0.3 is 17.9 Å². The Morgan fingerprint density at radius 2 is 0.865 bits per heavy atom. The molecule has 0 bridgehead atoms. The maximum Gasteiger partial charge on any atom is 0.339 e. The highest BCUT2D eigenvalue weighted by Crippen LogP contribution is 2.25. The van der Waals surface area contributed by atoms with E-state index in [1.54, 1.807) is 0 Å². The van der Waals surface area contributed by atoms with Crippen molar-refractivity contribution in [3.8, 4) is 0 Å². The third kappa shape index (κ3) is 16.0. The second-order valence-electron chi connectivity index (χ2n) is 11.8. The molecular formula is C30H56O7. The molecule has 0 aliphatic carbocycles. The molecule has 218 valence electrons. The molecule has 0 saturated carbocycles. The molecule has 0 amide bonds. The number of carbonyl (C=O) groups excluding carboxylic acids is 3. The minimum absolute atomic E-state index is 0.308. The molecule has 0 radical (unpaired) electrons. The monoisotopic (exact) mass is 528 g/mol. The van der Waals surface area contributed by atoms with Crippen LogP contribution >= 0.6 is 0 Å². The number of hydrogen-bond acceptors (Lipinski definition) is 7. The van der Waals surface area contributed by atoms with Crippen molar-refractivity contribution in [3.05, 3.63) is 0 Å². The number of carbonyl (C=O) groups is 3. The summed E-state index contributed by atoms with van der Waals surface area (Å²) in [6.45, 7) is 18.3. The fourth-order valence-electron chi connectivity index (χ4n) is 4.00. The van der Waals surface area contributed by atoms with Crippen molar-refractivity contribution in [1.82, 2.24) is 0 Å². The molecule has 0 aromatic rings. The van der Waals surface area contributed by atoms with Gasteiger partial charge in [-0.2, -0.15) is 0 Å². The number of aliphatic hydroxyl groups is 1. The molecule has 0 spiro atoms. The molecule has 0 heterocycles. The molecule has 0 aromatic carbocycles. The van der Waals surface area contributed by atoms with E-state index in [-0.39, 0.29) is 12.2 Å². The quantitative estimate of drug-likeness (QED) is 0.137. The van der Waals surface area contributed by atoms with E-state index in [0.29, 0.717) is 56.3 Å². The van der Waals surface area contributed by atoms with Crippen molar-refractivity contribution in [2.45, 2.75) is 157 Å². The van der Waals surface area contributed by atoms with Gasteiger partial charge in [0.1, 0.15) is 18.3 Å². The van der Waals surface area contributed by atoms with E-state index >= 15 is 0 Å². The maximum absolute atomic E-state index is 13.2. The van der Waals surface area contributed by atoms with Gasteiger partial charge in [0.15, 0.2) is 5.60 Å². The second kappa shape index (κ2) is 18.6. The summed E-state index contributed by atoms with van der Waals surface area (Å²) in [5.74, 6) is -1.04. The Balaban J connectivity index is 5.58. The number of ether oxygens (including phenoxy) is 3. The summed E-state index contributed by atoms with van der Waals surface area (Å²) in [7, 11) is 0. The van der Waals surface area contributed by atoms with Gasteiger partial charge in [-0.05, 0) is 75.5 Å². The Morgan fingerprint density at radius 3 is 1.14 bits per heavy atom. The SMILES string of the molecule is CCC(CCC(C)C)OC(=O)CC(O)(CC(=O)OC(CC)CCC(C)C)C(=O)OC(CC)CCC(C)C. The Hall–Kier alpha value is -1.63. The summed E-state index contributed by atoms with van der Waals surface area (Å²) < 4.78 is 16.8. The van der Waals surface area contributed by atoms with Crippen LogP contribution in [0, 0.1) is 17.8 Å². The van der Waals surface area contributed by atoms with Crippen LogP contribution in [-0.2, 0) is 28.6 Å². The van der Waals surface area contributed by atoms with Crippen molar-refractivity contribution >= 4 is 17.9 Å². The topological polar surface area (TPSA) is 99.1 Å². The maximum atomic E-state index is 13.2. The summed E-state index contributed by atoms with van der Waals surface area (Å²) in [6, 6.07) is 0. The van der Waals surface area contributed by atoms with Gasteiger partial charge in [0.2, 0.25) is 0 Å². The van der Waals surface area contributed by atoms with Gasteiger partial charge in [0.05, 0.1) is 12.8 Å². The van der Waals surface area contributed by atoms with Gasteiger partial charge in [-0.25, -0.2) is 4.79 Å². The molecule has 0 rings (SSSR count). The predicted molar refractivity (Wildman–Crippen MR) is 147 cm³/mol. The summed E-state index contributed by atoms with van der Waals surface area (Å²) in [5, 5.41) is 11.4. The van der Waals surface area contributed by atoms with Crippen molar-refractivity contribution < 1.29 is 33.7 Å². The van der Waals surface area contributed by atoms with Gasteiger partial charge in [-0.3, -0.25) is 9.59 Å². The molecular weight excluding hydrogens is 472 g/mol. The number of esters is 3. The molecule has 0 saturated heterocycles. The van der Waals surface area contributed by atoms with Crippen LogP contribution in [0.25, 0.3) is 0 Å². The van der Waals surface area contributed by atoms with E-state index in [1.165, 1.54) is 0 Å². The average Bonchev–Trinajstić information content (AvgIpc) is 2.81. The number of rotatable bonds is 20. The Kier molecular flexibility index (Phi) is 17.8. The van der Waals surface area contributed by atoms with Crippen molar-refractivity contribution in [2.24, 2.45) is 17.8 Å². The molecule has 0 aromatic heterocycles. The summed E-state index contributed by atoms with van der Waals surface area (Å²) in [5.41, 5.74) is -2.34. The summed E-state index contributed by atoms with van der Waals surface area (Å²) in [6.07, 6.45) is 4.20. The van der Waals surface area contributed by atoms with E-state index in [4.69, 9.17) is 14.2 Å². The molecule has 0 aliphatic rings. The Bertz CT molecular complexity index is 620. The first-order valence-corrected chi connectivity index (χ1v) is 14.6. The average molecular weight is 529 g/mol. The normalized spacial score (nSPS) is 15.8. The lowest BCUT2D eigenvalue weighted by Crippen LogP contribution is -2.46. The van der Waals surface area contributed by atoms with Crippen LogP contribution in [-0.4, -0.2) is 46.9 Å². The first-order valence-electron chi connectivity index (χ1n) is 14.6. The third-order valence-electron chi connectivity index (χ3n) is 6.69. The lowest BCUT2D eigenvalue weighted by molar-refractivity contribution is -0.184. The molecule has 1 N–H and O–H groups in total. The largest absolute Gasteiger partial charge is 0.462 e. The van der Waals surface area contributed by atoms with Gasteiger partial charge < -0.3 is 19.3 Å². The highest BCUT2D eigenvalue weighted by molar-refractivity contribution is 5.90. The Labute approximate surface area is 226 Å². The van der Waals surface area contributed by atoms with Crippen molar-refractivity contribution in [2.75, 3.05) is 0 Å². The summed E-state index contributed by atoms with van der Waals surface area (Å²) in [4.78, 5) is 38.9. The minimum Gasteiger partial charge on any atom is -0.462 e. The van der Waals surface area contributed by atoms with E-state index in [9.17, 15) is 19.5 Å². The highest BCUT2D eigenvalue weighted by Gasteiger charge is 2.44. The first-order chi connectivity index (χ1) is 17.3. The zero-order valence-corrected chi connectivity index (χ0v) is 25.1. The fourth-order valence-corrected chi connectivity index (χ4v) is 4.00. The second-order valence-corrected chi connectivity index (χ2v) is 11.8. The Morgan fingerprint density at radius 1 is 0.568 bits per heavy atom. The van der Waals surface area contributed by atoms with E-state index in [0.717, 1.165) is 19.3 Å². The van der Waals surface area contributed by atoms with Crippen LogP contribution in [0.2, 0.25) is 0 Å². The molecule has 7 heteroatoms. The van der Waals surface area contributed by atoms with E-state index < -0.39 is 42.5 Å². The summed E-state index contributed by atoms with van der Waals surface area (Å²) >= 11 is 0. The van der Waals surface area contributed by atoms with Crippen LogP contribution in [0.15, 0.2) is 0 Å². The van der Waals surface area contributed by atoms with Crippen LogP contribution in [0.4, 0.5) is 0 Å². The highest BCUT2D eigenvalue weighted by atomic mass is 16.6. The standard InChI is InChI=1S/C30H56O7/c1-10-24(16-13-21(4)5)35-27(31)19-30(34,29(33)37-26(12-3)18-15-23(8)9)20-28(32)36-25(11-2)17-14-22(6)7/h21-26,34H,10-20H2,1-9H3. The van der Waals surface area contributed by atoms with Crippen LogP contribution in [0.3, 0.4) is 0 Å². The molecule has 0 fully saturated rings. The minimum atomic E-state index is -2.34. The lowest BCUT2D eigenvalue weighted by Gasteiger charge is -2.29. The number of hydrogen-bond donors (Lipinski definition) is 1. The van der Waals surface area contributed by atoms with Crippen molar-refractivity contribution in [3.63, 3.8) is 0 Å². The zero-order chi connectivity index (χ0) is 28.6. The van der Waals surface area contributed by atoms with Gasteiger partial charge in [0.25, 0.3) is 0 Å². The van der Waals surface area contributed by atoms with Gasteiger partial charge in [-0.15, -0.1) is 0 Å². The molecule has 7 nitrogen and oxygen atoms in total. The smallest absolute Gasteiger partial charge is 0.339 e. The third-order valence-corrected chi connectivity index (χ3v) is 6.69. The van der Waals surface area contributed by atoms with Crippen LogP contribution in [0.1, 0.15) is 133 Å². The van der Waals surface area contributed by atoms with Crippen LogP contribution < -0.4 is 0 Å². The van der Waals surface area contributed by atoms with Crippen molar-refractivity contribution in [1.29, 1.82) is 0 Å². The molecule has 3 atom stereocenters.